The molecule has 2 aromatic carbocycles. The third-order valence-electron chi connectivity index (χ3n) is 5.79. The van der Waals surface area contributed by atoms with Gasteiger partial charge in [-0.3, -0.25) is 9.59 Å². The smallest absolute Gasteiger partial charge is 0.408 e. The van der Waals surface area contributed by atoms with E-state index in [9.17, 15) is 22.8 Å². The molecule has 2 amide bonds. The van der Waals surface area contributed by atoms with Gasteiger partial charge in [-0.2, -0.15) is 13.2 Å². The largest absolute Gasteiger partial charge is 0.457 e. The Balaban J connectivity index is 1.66. The van der Waals surface area contributed by atoms with Crippen molar-refractivity contribution in [3.05, 3.63) is 71.8 Å². The predicted molar refractivity (Wildman–Crippen MR) is 114 cm³/mol. The maximum atomic E-state index is 13.0. The van der Waals surface area contributed by atoms with Crippen molar-refractivity contribution >= 4 is 24.0 Å². The van der Waals surface area contributed by atoms with Gasteiger partial charge in [-0.05, 0) is 36.1 Å². The highest BCUT2D eigenvalue weighted by Crippen LogP contribution is 2.45. The maximum Gasteiger partial charge on any atom is 0.408 e. The molecule has 0 aliphatic carbocycles. The first-order chi connectivity index (χ1) is 15.2. The fourth-order valence-electron chi connectivity index (χ4n) is 4.11. The van der Waals surface area contributed by atoms with Crippen LogP contribution in [0.2, 0.25) is 0 Å². The first kappa shape index (κ1) is 21.7. The summed E-state index contributed by atoms with van der Waals surface area (Å²) in [5.74, 6) is -1.74. The van der Waals surface area contributed by atoms with Gasteiger partial charge in [-0.1, -0.05) is 49.6 Å². The zero-order valence-electron chi connectivity index (χ0n) is 17.0. The van der Waals surface area contributed by atoms with E-state index in [1.54, 1.807) is 36.4 Å². The van der Waals surface area contributed by atoms with Gasteiger partial charge in [0.1, 0.15) is 23.5 Å². The molecule has 3 unspecified atom stereocenters. The fourth-order valence-corrected chi connectivity index (χ4v) is 4.11. The summed E-state index contributed by atoms with van der Waals surface area (Å²) in [7, 11) is 0. The van der Waals surface area contributed by atoms with Gasteiger partial charge in [0.2, 0.25) is 11.8 Å². The summed E-state index contributed by atoms with van der Waals surface area (Å²) in [4.78, 5) is 25.3. The van der Waals surface area contributed by atoms with E-state index in [1.807, 2.05) is 17.4 Å². The normalized spacial score (nSPS) is 22.0. The summed E-state index contributed by atoms with van der Waals surface area (Å²) in [6.07, 6.45) is -1.79. The summed E-state index contributed by atoms with van der Waals surface area (Å²) in [5, 5.41) is 4.79. The minimum atomic E-state index is -4.54. The average Bonchev–Trinajstić information content (AvgIpc) is 2.77. The highest BCUT2D eigenvalue weighted by Gasteiger charge is 2.46. The molecule has 3 atom stereocenters. The van der Waals surface area contributed by atoms with E-state index < -0.39 is 36.0 Å². The molecule has 2 aliphatic rings. The molecule has 0 radical (unpaired) electrons. The number of nitrogens with one attached hydrogen (secondary N) is 2. The number of hydrogen-bond acceptors (Lipinski definition) is 3. The van der Waals surface area contributed by atoms with Crippen molar-refractivity contribution in [3.8, 4) is 11.5 Å². The van der Waals surface area contributed by atoms with Crippen LogP contribution in [0.3, 0.4) is 0 Å². The standard InChI is InChI=1S/C24H21F3N2O3/c1-3-13-8-9-15-18(12-13)32-17-7-5-6-14(4-2)20(17)21(15)29-23(31)16-10-11-19(24(25,26)27)28-22(16)30/h3-9,12,16,19,21H,1-2,10-11H2,(H,28,30)(H,29,31). The van der Waals surface area contributed by atoms with Gasteiger partial charge in [0.05, 0.1) is 6.04 Å². The van der Waals surface area contributed by atoms with Crippen molar-refractivity contribution in [2.24, 2.45) is 5.92 Å². The van der Waals surface area contributed by atoms with Crippen LogP contribution in [0.5, 0.6) is 11.5 Å². The zero-order valence-corrected chi connectivity index (χ0v) is 17.0. The van der Waals surface area contributed by atoms with Gasteiger partial charge in [-0.15, -0.1) is 0 Å². The summed E-state index contributed by atoms with van der Waals surface area (Å²) in [5.41, 5.74) is 2.88. The van der Waals surface area contributed by atoms with Gasteiger partial charge in [-0.25, -0.2) is 0 Å². The van der Waals surface area contributed by atoms with Crippen LogP contribution >= 0.6 is 0 Å². The van der Waals surface area contributed by atoms with E-state index in [0.717, 1.165) is 11.1 Å². The molecule has 5 nitrogen and oxygen atoms in total. The van der Waals surface area contributed by atoms with Gasteiger partial charge in [0.25, 0.3) is 0 Å². The van der Waals surface area contributed by atoms with E-state index in [0.29, 0.717) is 22.6 Å². The summed E-state index contributed by atoms with van der Waals surface area (Å²) in [6.45, 7) is 7.57. The van der Waals surface area contributed by atoms with Crippen LogP contribution in [-0.4, -0.2) is 24.0 Å². The lowest BCUT2D eigenvalue weighted by molar-refractivity contribution is -0.171. The molecular weight excluding hydrogens is 421 g/mol. The third-order valence-corrected chi connectivity index (χ3v) is 5.79. The number of ether oxygens (including phenoxy) is 1. The van der Waals surface area contributed by atoms with Crippen molar-refractivity contribution < 1.29 is 27.5 Å². The van der Waals surface area contributed by atoms with Crippen LogP contribution in [-0.2, 0) is 9.59 Å². The molecule has 1 saturated heterocycles. The number of rotatable bonds is 4. The van der Waals surface area contributed by atoms with Crippen LogP contribution < -0.4 is 15.4 Å². The lowest BCUT2D eigenvalue weighted by Gasteiger charge is -2.33. The van der Waals surface area contributed by atoms with Gasteiger partial charge in [0, 0.05) is 11.1 Å². The number of carbonyl (C=O) groups is 2. The minimum Gasteiger partial charge on any atom is -0.457 e. The predicted octanol–water partition coefficient (Wildman–Crippen LogP) is 4.74. The first-order valence-electron chi connectivity index (χ1n) is 10.1. The van der Waals surface area contributed by atoms with Gasteiger partial charge < -0.3 is 15.4 Å². The molecule has 0 spiro atoms. The van der Waals surface area contributed by atoms with Crippen molar-refractivity contribution in [3.63, 3.8) is 0 Å². The monoisotopic (exact) mass is 442 g/mol. The Bertz CT molecular complexity index is 1110. The average molecular weight is 442 g/mol. The highest BCUT2D eigenvalue weighted by molar-refractivity contribution is 6.01. The molecule has 0 bridgehead atoms. The third kappa shape index (κ3) is 3.88. The van der Waals surface area contributed by atoms with Gasteiger partial charge >= 0.3 is 6.18 Å². The molecule has 2 aromatic rings. The Morgan fingerprint density at radius 2 is 1.91 bits per heavy atom. The molecule has 8 heteroatoms. The molecule has 0 aromatic heterocycles. The van der Waals surface area contributed by atoms with E-state index in [-0.39, 0.29) is 12.8 Å². The SMILES string of the molecule is C=Cc1ccc2c(c1)Oc1cccc(C=C)c1C2NC(=O)C1CCC(C(F)(F)F)NC1=O. The van der Waals surface area contributed by atoms with Crippen LogP contribution in [0.1, 0.15) is 41.1 Å². The molecule has 2 aliphatic heterocycles. The second-order valence-corrected chi connectivity index (χ2v) is 7.74. The van der Waals surface area contributed by atoms with Crippen molar-refractivity contribution in [1.82, 2.24) is 10.6 Å². The Labute approximate surface area is 183 Å². The number of fused-ring (bicyclic) bond motifs is 2. The summed E-state index contributed by atoms with van der Waals surface area (Å²) >= 11 is 0. The summed E-state index contributed by atoms with van der Waals surface area (Å²) in [6, 6.07) is 8.16. The van der Waals surface area contributed by atoms with Crippen molar-refractivity contribution in [2.75, 3.05) is 0 Å². The number of alkyl halides is 3. The first-order valence-corrected chi connectivity index (χ1v) is 10.1. The quantitative estimate of drug-likeness (QED) is 0.672. The Morgan fingerprint density at radius 1 is 1.12 bits per heavy atom. The zero-order chi connectivity index (χ0) is 23.0. The van der Waals surface area contributed by atoms with Crippen molar-refractivity contribution in [1.29, 1.82) is 0 Å². The van der Waals surface area contributed by atoms with E-state index in [4.69, 9.17) is 4.74 Å². The molecule has 2 heterocycles. The Morgan fingerprint density at radius 3 is 2.56 bits per heavy atom. The number of benzene rings is 2. The van der Waals surface area contributed by atoms with Crippen LogP contribution in [0.25, 0.3) is 12.2 Å². The molecular formula is C24H21F3N2O3. The molecule has 166 valence electrons. The van der Waals surface area contributed by atoms with E-state index in [2.05, 4.69) is 18.5 Å². The van der Waals surface area contributed by atoms with Crippen molar-refractivity contribution in [2.45, 2.75) is 31.1 Å². The lowest BCUT2D eigenvalue weighted by atomic mass is 9.88. The Hall–Kier alpha value is -3.55. The molecule has 32 heavy (non-hydrogen) atoms. The number of amides is 2. The maximum absolute atomic E-state index is 13.0. The van der Waals surface area contributed by atoms with Crippen LogP contribution in [0.4, 0.5) is 13.2 Å². The molecule has 1 fully saturated rings. The topological polar surface area (TPSA) is 67.4 Å². The Kier molecular flexibility index (Phi) is 5.54. The number of piperidine rings is 1. The second-order valence-electron chi connectivity index (χ2n) is 7.74. The number of carbonyl (C=O) groups excluding carboxylic acids is 2. The highest BCUT2D eigenvalue weighted by atomic mass is 19.4. The number of halogens is 3. The molecule has 0 saturated carbocycles. The van der Waals surface area contributed by atoms with Gasteiger partial charge in [0.15, 0.2) is 0 Å². The fraction of sp³-hybridized carbons (Fsp3) is 0.250. The van der Waals surface area contributed by atoms with E-state index in [1.165, 1.54) is 0 Å². The molecule has 2 N–H and O–H groups in total. The lowest BCUT2D eigenvalue weighted by Crippen LogP contribution is -2.54. The summed E-state index contributed by atoms with van der Waals surface area (Å²) < 4.78 is 44.9. The molecule has 4 rings (SSSR count). The minimum absolute atomic E-state index is 0.191. The second kappa shape index (κ2) is 8.18. The van der Waals surface area contributed by atoms with E-state index >= 15 is 0 Å². The van der Waals surface area contributed by atoms with Crippen LogP contribution in [0.15, 0.2) is 49.6 Å². The number of hydrogen-bond donors (Lipinski definition) is 2. The van der Waals surface area contributed by atoms with Crippen LogP contribution in [0, 0.1) is 5.92 Å².